The van der Waals surface area contributed by atoms with Gasteiger partial charge in [0.2, 0.25) is 5.95 Å². The molecule has 1 amide bonds. The Kier molecular flexibility index (Phi) is 6.56. The molecule has 4 rings (SSSR count). The van der Waals surface area contributed by atoms with Gasteiger partial charge < -0.3 is 36.3 Å². The Bertz CT molecular complexity index is 1230. The van der Waals surface area contributed by atoms with Crippen LogP contribution in [0.2, 0.25) is 0 Å². The summed E-state index contributed by atoms with van der Waals surface area (Å²) in [5.41, 5.74) is 15.2. The number of nitrogens with one attached hydrogen (secondary N) is 1. The van der Waals surface area contributed by atoms with Crippen molar-refractivity contribution in [1.82, 2.24) is 19.5 Å². The molecule has 1 aliphatic rings. The maximum atomic E-state index is 11.5. The van der Waals surface area contributed by atoms with E-state index in [2.05, 4.69) is 25.5 Å². The molecule has 14 nitrogen and oxygen atoms in total. The Hall–Kier alpha value is -3.85. The zero-order chi connectivity index (χ0) is 24.4. The standard InChI is InChI=1S/C20H24N8O6/c1-9(7-33-11-5-3-2-4-10(11)17(22)32)26-27-20-25-13-16(21)23-8-24-18(13)28(20)19-15(31)14(30)12(6-29)34-19/h2-5,8,12,14-15,19,29-31H,6-7H2,1H3,(H2,22,32)(H,25,27)(H2,21,23,24). The van der Waals surface area contributed by atoms with Crippen LogP contribution in [0.25, 0.3) is 11.2 Å². The molecule has 34 heavy (non-hydrogen) atoms. The fourth-order valence-corrected chi connectivity index (χ4v) is 3.50. The smallest absolute Gasteiger partial charge is 0.252 e. The molecule has 4 unspecified atom stereocenters. The second-order valence-electron chi connectivity index (χ2n) is 7.57. The van der Waals surface area contributed by atoms with Gasteiger partial charge in [0.05, 0.1) is 17.9 Å². The number of hydrogen-bond acceptors (Lipinski definition) is 12. The van der Waals surface area contributed by atoms with Crippen LogP contribution in [0.4, 0.5) is 11.8 Å². The van der Waals surface area contributed by atoms with Gasteiger partial charge in [-0.1, -0.05) is 12.1 Å². The number of aliphatic hydroxyl groups excluding tert-OH is 3. The van der Waals surface area contributed by atoms with Crippen LogP contribution in [-0.2, 0) is 4.74 Å². The van der Waals surface area contributed by atoms with E-state index in [0.717, 1.165) is 0 Å². The number of carbonyl (C=O) groups is 1. The molecule has 3 aromatic rings. The van der Waals surface area contributed by atoms with Crippen molar-refractivity contribution in [3.63, 3.8) is 0 Å². The number of carbonyl (C=O) groups excluding carboxylic acids is 1. The van der Waals surface area contributed by atoms with Crippen molar-refractivity contribution in [3.05, 3.63) is 36.2 Å². The third-order valence-corrected chi connectivity index (χ3v) is 5.21. The van der Waals surface area contributed by atoms with Gasteiger partial charge in [-0.05, 0) is 19.1 Å². The number of anilines is 2. The predicted molar refractivity (Wildman–Crippen MR) is 120 cm³/mol. The average Bonchev–Trinajstić information content (AvgIpc) is 3.34. The van der Waals surface area contributed by atoms with Gasteiger partial charge in [0.25, 0.3) is 5.91 Å². The number of imidazole rings is 1. The maximum absolute atomic E-state index is 11.5. The SMILES string of the molecule is CC(COc1ccccc1C(N)=O)=NNc1nc2c(N)ncnc2n1C1OC(CO)C(O)C1O. The first-order chi connectivity index (χ1) is 16.3. The number of para-hydroxylation sites is 1. The number of ether oxygens (including phenoxy) is 2. The van der Waals surface area contributed by atoms with Gasteiger partial charge in [-0.2, -0.15) is 5.10 Å². The molecule has 0 radical (unpaired) electrons. The lowest BCUT2D eigenvalue weighted by molar-refractivity contribution is -0.0501. The number of rotatable bonds is 8. The number of nitrogens with two attached hydrogens (primary N) is 2. The number of aromatic nitrogens is 4. The highest BCUT2D eigenvalue weighted by molar-refractivity contribution is 5.95. The van der Waals surface area contributed by atoms with Crippen molar-refractivity contribution in [1.29, 1.82) is 0 Å². The monoisotopic (exact) mass is 472 g/mol. The summed E-state index contributed by atoms with van der Waals surface area (Å²) in [7, 11) is 0. The topological polar surface area (TPSA) is 216 Å². The summed E-state index contributed by atoms with van der Waals surface area (Å²) in [6, 6.07) is 6.55. The largest absolute Gasteiger partial charge is 0.487 e. The van der Waals surface area contributed by atoms with Gasteiger partial charge in [0, 0.05) is 0 Å². The fraction of sp³-hybridized carbons (Fsp3) is 0.350. The Labute approximate surface area is 192 Å². The van der Waals surface area contributed by atoms with Crippen molar-refractivity contribution >= 4 is 34.5 Å². The predicted octanol–water partition coefficient (Wildman–Crippen LogP) is -1.01. The van der Waals surface area contributed by atoms with E-state index >= 15 is 0 Å². The first-order valence-electron chi connectivity index (χ1n) is 10.2. The first kappa shape index (κ1) is 23.3. The van der Waals surface area contributed by atoms with Crippen LogP contribution in [-0.4, -0.2) is 78.0 Å². The summed E-state index contributed by atoms with van der Waals surface area (Å²) < 4.78 is 12.7. The quantitative estimate of drug-likeness (QED) is 0.172. The van der Waals surface area contributed by atoms with Crippen molar-refractivity contribution in [3.8, 4) is 5.75 Å². The van der Waals surface area contributed by atoms with E-state index in [1.165, 1.54) is 10.9 Å². The van der Waals surface area contributed by atoms with E-state index < -0.39 is 37.1 Å². The molecule has 0 saturated carbocycles. The summed E-state index contributed by atoms with van der Waals surface area (Å²) in [6.07, 6.45) is -3.63. The molecule has 0 spiro atoms. The van der Waals surface area contributed by atoms with Crippen LogP contribution in [0, 0.1) is 0 Å². The molecule has 2 aromatic heterocycles. The summed E-state index contributed by atoms with van der Waals surface area (Å²) in [5, 5.41) is 34.4. The summed E-state index contributed by atoms with van der Waals surface area (Å²) in [5.74, 6) is -0.125. The van der Waals surface area contributed by atoms with Crippen molar-refractivity contribution in [2.45, 2.75) is 31.5 Å². The second kappa shape index (κ2) is 9.56. The molecule has 180 valence electrons. The molecular formula is C20H24N8O6. The third-order valence-electron chi connectivity index (χ3n) is 5.21. The second-order valence-corrected chi connectivity index (χ2v) is 7.57. The van der Waals surface area contributed by atoms with Crippen LogP contribution < -0.4 is 21.6 Å². The molecular weight excluding hydrogens is 448 g/mol. The molecule has 4 atom stereocenters. The molecule has 1 aromatic carbocycles. The van der Waals surface area contributed by atoms with Crippen LogP contribution in [0.1, 0.15) is 23.5 Å². The van der Waals surface area contributed by atoms with Crippen molar-refractivity contribution < 1.29 is 29.6 Å². The van der Waals surface area contributed by atoms with Crippen molar-refractivity contribution in [2.24, 2.45) is 10.8 Å². The molecule has 3 heterocycles. The number of fused-ring (bicyclic) bond motifs is 1. The van der Waals surface area contributed by atoms with Gasteiger partial charge in [-0.25, -0.2) is 20.4 Å². The van der Waals surface area contributed by atoms with E-state index in [-0.39, 0.29) is 35.1 Å². The highest BCUT2D eigenvalue weighted by atomic mass is 16.6. The number of primary amides is 1. The highest BCUT2D eigenvalue weighted by Gasteiger charge is 2.45. The van der Waals surface area contributed by atoms with E-state index in [9.17, 15) is 20.1 Å². The van der Waals surface area contributed by atoms with Crippen LogP contribution in [0.3, 0.4) is 0 Å². The van der Waals surface area contributed by atoms with E-state index in [4.69, 9.17) is 20.9 Å². The number of nitrogens with zero attached hydrogens (tertiary/aromatic N) is 5. The van der Waals surface area contributed by atoms with Crippen LogP contribution in [0.15, 0.2) is 35.7 Å². The molecule has 1 saturated heterocycles. The third kappa shape index (κ3) is 4.34. The van der Waals surface area contributed by atoms with Gasteiger partial charge in [-0.15, -0.1) is 0 Å². The Balaban J connectivity index is 1.60. The zero-order valence-electron chi connectivity index (χ0n) is 18.1. The first-order valence-corrected chi connectivity index (χ1v) is 10.2. The fourth-order valence-electron chi connectivity index (χ4n) is 3.50. The molecule has 14 heteroatoms. The van der Waals surface area contributed by atoms with Gasteiger partial charge in [0.15, 0.2) is 23.2 Å². The summed E-state index contributed by atoms with van der Waals surface area (Å²) >= 11 is 0. The molecule has 1 aliphatic heterocycles. The number of hydrogen-bond donors (Lipinski definition) is 6. The van der Waals surface area contributed by atoms with Crippen LogP contribution in [0.5, 0.6) is 5.75 Å². The van der Waals surface area contributed by atoms with Gasteiger partial charge in [0.1, 0.15) is 37.0 Å². The molecule has 1 fully saturated rings. The number of amides is 1. The number of hydrazone groups is 1. The zero-order valence-corrected chi connectivity index (χ0v) is 18.1. The minimum absolute atomic E-state index is 0.0212. The number of nitrogen functional groups attached to an aromatic ring is 1. The van der Waals surface area contributed by atoms with Crippen molar-refractivity contribution in [2.75, 3.05) is 24.4 Å². The van der Waals surface area contributed by atoms with E-state index in [0.29, 0.717) is 11.5 Å². The van der Waals surface area contributed by atoms with Gasteiger partial charge in [-0.3, -0.25) is 9.36 Å². The number of aliphatic hydroxyl groups is 3. The minimum Gasteiger partial charge on any atom is -0.487 e. The van der Waals surface area contributed by atoms with Crippen LogP contribution >= 0.6 is 0 Å². The minimum atomic E-state index is -1.38. The molecule has 8 N–H and O–H groups in total. The average molecular weight is 472 g/mol. The van der Waals surface area contributed by atoms with E-state index in [1.807, 2.05) is 0 Å². The summed E-state index contributed by atoms with van der Waals surface area (Å²) in [4.78, 5) is 24.0. The normalized spacial score (nSPS) is 22.8. The summed E-state index contributed by atoms with van der Waals surface area (Å²) in [6.45, 7) is 1.20. The molecule has 0 aliphatic carbocycles. The lowest BCUT2D eigenvalue weighted by atomic mass is 10.1. The highest BCUT2D eigenvalue weighted by Crippen LogP contribution is 2.35. The van der Waals surface area contributed by atoms with Gasteiger partial charge >= 0.3 is 0 Å². The lowest BCUT2D eigenvalue weighted by Gasteiger charge is -2.19. The van der Waals surface area contributed by atoms with E-state index in [1.54, 1.807) is 31.2 Å². The maximum Gasteiger partial charge on any atom is 0.252 e. The Morgan fingerprint density at radius 3 is 2.76 bits per heavy atom. The molecule has 0 bridgehead atoms. The Morgan fingerprint density at radius 1 is 1.29 bits per heavy atom. The number of benzene rings is 1. The lowest BCUT2D eigenvalue weighted by Crippen LogP contribution is -2.33. The Morgan fingerprint density at radius 2 is 2.06 bits per heavy atom.